The third-order valence-electron chi connectivity index (χ3n) is 4.79. The Kier molecular flexibility index (Phi) is 10.4. The predicted octanol–water partition coefficient (Wildman–Crippen LogP) is 2.07. The third kappa shape index (κ3) is 9.07. The van der Waals surface area contributed by atoms with E-state index in [0.717, 1.165) is 49.7 Å². The lowest BCUT2D eigenvalue weighted by Crippen LogP contribution is -2.41. The molecule has 1 heterocycles. The summed E-state index contributed by atoms with van der Waals surface area (Å²) in [6.45, 7) is 7.70. The maximum absolute atomic E-state index is 11.1. The van der Waals surface area contributed by atoms with Crippen molar-refractivity contribution in [2.75, 3.05) is 46.3 Å². The van der Waals surface area contributed by atoms with E-state index < -0.39 is 5.91 Å². The van der Waals surface area contributed by atoms with Crippen LogP contribution < -0.4 is 10.8 Å². The fourth-order valence-corrected chi connectivity index (χ4v) is 2.95. The van der Waals surface area contributed by atoms with Crippen LogP contribution >= 0.6 is 0 Å². The lowest BCUT2D eigenvalue weighted by atomic mass is 10.1. The van der Waals surface area contributed by atoms with Gasteiger partial charge < -0.3 is 15.1 Å². The van der Waals surface area contributed by atoms with Crippen LogP contribution in [0.1, 0.15) is 18.1 Å². The minimum absolute atomic E-state index is 0.550. The fraction of sp³-hybridized carbons (Fsp3) is 0.391. The Hall–Kier alpha value is -2.90. The molecule has 7 nitrogen and oxygen atoms in total. The van der Waals surface area contributed by atoms with Crippen molar-refractivity contribution in [1.82, 2.24) is 20.6 Å². The highest BCUT2D eigenvalue weighted by atomic mass is 16.5. The van der Waals surface area contributed by atoms with Crippen molar-refractivity contribution in [3.63, 3.8) is 0 Å². The number of allylic oxidation sites excluding steroid dienone is 1. The van der Waals surface area contributed by atoms with E-state index in [9.17, 15) is 4.79 Å². The molecule has 0 unspecified atom stereocenters. The highest BCUT2D eigenvalue weighted by Gasteiger charge is 2.09. The van der Waals surface area contributed by atoms with Gasteiger partial charge in [0.25, 0.3) is 5.91 Å². The van der Waals surface area contributed by atoms with E-state index in [0.29, 0.717) is 13.0 Å². The first-order valence-electron chi connectivity index (χ1n) is 10.3. The van der Waals surface area contributed by atoms with Gasteiger partial charge in [-0.2, -0.15) is 0 Å². The molecule has 30 heavy (non-hydrogen) atoms. The largest absolute Gasteiger partial charge is 0.375 e. The standard InChI is InChI=1S/C23H33N5O2/c1-3-4-12-24-22(25-13-5-14-28-17-15-27(2)16-18-28)19-21-8-6-20(7-9-21)10-11-23(29)26-30/h3-11,14,30H,12-13,15-19H2,1-2H3,(H,24,25)(H,26,29)/b4-3-,11-10+,14-5+. The number of amidine groups is 1. The van der Waals surface area contributed by atoms with Crippen LogP contribution in [0.15, 0.2) is 59.8 Å². The van der Waals surface area contributed by atoms with Crippen LogP contribution in [0.4, 0.5) is 0 Å². The van der Waals surface area contributed by atoms with Crippen LogP contribution in [0.2, 0.25) is 0 Å². The first kappa shape index (κ1) is 23.4. The summed E-state index contributed by atoms with van der Waals surface area (Å²) in [7, 11) is 2.16. The summed E-state index contributed by atoms with van der Waals surface area (Å²) < 4.78 is 0. The average Bonchev–Trinajstić information content (AvgIpc) is 2.77. The summed E-state index contributed by atoms with van der Waals surface area (Å²) in [6.07, 6.45) is 12.0. The second-order valence-corrected chi connectivity index (χ2v) is 7.19. The summed E-state index contributed by atoms with van der Waals surface area (Å²) >= 11 is 0. The Morgan fingerprint density at radius 3 is 2.57 bits per heavy atom. The SMILES string of the molecule is C/C=C\CNC(Cc1ccc(/C=C/C(=O)NO)cc1)=NC/C=C/N1CCN(C)CC1. The molecule has 0 bridgehead atoms. The lowest BCUT2D eigenvalue weighted by Gasteiger charge is -2.31. The van der Waals surface area contributed by atoms with Crippen molar-refractivity contribution < 1.29 is 10.0 Å². The molecule has 7 heteroatoms. The van der Waals surface area contributed by atoms with Crippen LogP contribution in [0.3, 0.4) is 0 Å². The van der Waals surface area contributed by atoms with E-state index in [1.807, 2.05) is 37.3 Å². The molecule has 0 spiro atoms. The Balaban J connectivity index is 1.93. The maximum Gasteiger partial charge on any atom is 0.267 e. The van der Waals surface area contributed by atoms with Gasteiger partial charge in [0.05, 0.1) is 6.54 Å². The van der Waals surface area contributed by atoms with Crippen molar-refractivity contribution in [3.8, 4) is 0 Å². The van der Waals surface area contributed by atoms with E-state index >= 15 is 0 Å². The summed E-state index contributed by atoms with van der Waals surface area (Å²) in [6, 6.07) is 7.91. The van der Waals surface area contributed by atoms with Crippen LogP contribution in [-0.2, 0) is 11.2 Å². The highest BCUT2D eigenvalue weighted by Crippen LogP contribution is 2.08. The molecular weight excluding hydrogens is 378 g/mol. The molecule has 1 fully saturated rings. The van der Waals surface area contributed by atoms with Crippen LogP contribution in [0.5, 0.6) is 0 Å². The predicted molar refractivity (Wildman–Crippen MR) is 122 cm³/mol. The molecule has 0 radical (unpaired) electrons. The number of hydroxylamine groups is 1. The van der Waals surface area contributed by atoms with Gasteiger partial charge in [0.2, 0.25) is 0 Å². The van der Waals surface area contributed by atoms with Crippen molar-refractivity contribution in [2.45, 2.75) is 13.3 Å². The summed E-state index contributed by atoms with van der Waals surface area (Å²) in [5.74, 6) is 0.394. The number of rotatable bonds is 9. The number of carbonyl (C=O) groups is 1. The molecule has 3 N–H and O–H groups in total. The topological polar surface area (TPSA) is 80.2 Å². The lowest BCUT2D eigenvalue weighted by molar-refractivity contribution is -0.124. The van der Waals surface area contributed by atoms with Gasteiger partial charge in [0, 0.05) is 45.2 Å². The van der Waals surface area contributed by atoms with Gasteiger partial charge in [-0.15, -0.1) is 0 Å². The second kappa shape index (κ2) is 13.3. The number of hydrogen-bond acceptors (Lipinski definition) is 5. The Labute approximate surface area is 179 Å². The molecule has 162 valence electrons. The van der Waals surface area contributed by atoms with E-state index in [2.05, 4.69) is 40.5 Å². The number of aliphatic imine (C=N–C) groups is 1. The number of nitrogens with one attached hydrogen (secondary N) is 2. The molecule has 1 amide bonds. The first-order valence-corrected chi connectivity index (χ1v) is 10.3. The molecule has 1 aliphatic heterocycles. The van der Waals surface area contributed by atoms with Gasteiger partial charge in [-0.3, -0.25) is 15.0 Å². The summed E-state index contributed by atoms with van der Waals surface area (Å²) in [4.78, 5) is 20.5. The molecule has 1 aromatic carbocycles. The monoisotopic (exact) mass is 411 g/mol. The smallest absolute Gasteiger partial charge is 0.267 e. The van der Waals surface area contributed by atoms with Gasteiger partial charge in [0.1, 0.15) is 5.84 Å². The van der Waals surface area contributed by atoms with E-state index in [4.69, 9.17) is 10.2 Å². The quantitative estimate of drug-likeness (QED) is 0.145. The molecule has 0 aromatic heterocycles. The molecule has 0 saturated carbocycles. The number of nitrogens with zero attached hydrogens (tertiary/aromatic N) is 3. The van der Waals surface area contributed by atoms with Gasteiger partial charge in [-0.1, -0.05) is 36.4 Å². The molecule has 0 aliphatic carbocycles. The normalized spacial score (nSPS) is 16.1. The van der Waals surface area contributed by atoms with E-state index in [1.54, 1.807) is 11.6 Å². The number of piperazine rings is 1. The molecule has 0 atom stereocenters. The molecular formula is C23H33N5O2. The van der Waals surface area contributed by atoms with Crippen molar-refractivity contribution in [2.24, 2.45) is 4.99 Å². The Morgan fingerprint density at radius 2 is 1.90 bits per heavy atom. The zero-order chi connectivity index (χ0) is 21.6. The molecule has 2 rings (SSSR count). The van der Waals surface area contributed by atoms with Crippen LogP contribution in [0.25, 0.3) is 6.08 Å². The number of carbonyl (C=O) groups excluding carboxylic acids is 1. The number of likely N-dealkylation sites (N-methyl/N-ethyl adjacent to an activating group) is 1. The minimum atomic E-state index is -0.550. The zero-order valence-corrected chi connectivity index (χ0v) is 17.9. The Bertz CT molecular complexity index is 760. The summed E-state index contributed by atoms with van der Waals surface area (Å²) in [5, 5.41) is 11.9. The van der Waals surface area contributed by atoms with Gasteiger partial charge in [-0.25, -0.2) is 5.48 Å². The average molecular weight is 412 g/mol. The molecule has 1 saturated heterocycles. The van der Waals surface area contributed by atoms with Crippen molar-refractivity contribution in [1.29, 1.82) is 0 Å². The highest BCUT2D eigenvalue weighted by molar-refractivity contribution is 5.90. The van der Waals surface area contributed by atoms with Gasteiger partial charge in [-0.05, 0) is 43.5 Å². The van der Waals surface area contributed by atoms with Crippen LogP contribution in [-0.4, -0.2) is 73.1 Å². The number of hydrogen-bond donors (Lipinski definition) is 3. The fourth-order valence-electron chi connectivity index (χ4n) is 2.95. The number of benzene rings is 1. The zero-order valence-electron chi connectivity index (χ0n) is 17.9. The molecule has 1 aliphatic rings. The van der Waals surface area contributed by atoms with Gasteiger partial charge in [0.15, 0.2) is 0 Å². The first-order chi connectivity index (χ1) is 14.6. The maximum atomic E-state index is 11.1. The molecule has 1 aromatic rings. The van der Waals surface area contributed by atoms with Crippen molar-refractivity contribution >= 4 is 17.8 Å². The van der Waals surface area contributed by atoms with Gasteiger partial charge >= 0.3 is 0 Å². The van der Waals surface area contributed by atoms with E-state index in [1.165, 1.54) is 6.08 Å². The number of amides is 1. The summed E-state index contributed by atoms with van der Waals surface area (Å²) in [5.41, 5.74) is 3.60. The van der Waals surface area contributed by atoms with Crippen LogP contribution in [0, 0.1) is 0 Å². The minimum Gasteiger partial charge on any atom is -0.375 e. The van der Waals surface area contributed by atoms with E-state index in [-0.39, 0.29) is 0 Å². The van der Waals surface area contributed by atoms with Crippen molar-refractivity contribution in [3.05, 3.63) is 65.9 Å². The second-order valence-electron chi connectivity index (χ2n) is 7.19. The Morgan fingerprint density at radius 1 is 1.17 bits per heavy atom. The third-order valence-corrected chi connectivity index (χ3v) is 4.79.